The Morgan fingerprint density at radius 2 is 2.11 bits per heavy atom. The normalized spacial score (nSPS) is 13.5. The zero-order chi connectivity index (χ0) is 13.8. The van der Waals surface area contributed by atoms with E-state index in [1.807, 2.05) is 13.2 Å². The van der Waals surface area contributed by atoms with Crippen molar-refractivity contribution < 1.29 is 12.8 Å². The van der Waals surface area contributed by atoms with Crippen molar-refractivity contribution in [3.05, 3.63) is 24.0 Å². The molecule has 0 spiro atoms. The number of anilines is 1. The third kappa shape index (κ3) is 4.47. The molecule has 1 aromatic carbocycles. The molecule has 0 heterocycles. The van der Waals surface area contributed by atoms with Crippen molar-refractivity contribution in [3.63, 3.8) is 0 Å². The number of thioether (sulfide) groups is 1. The van der Waals surface area contributed by atoms with Gasteiger partial charge in [0.2, 0.25) is 10.0 Å². The molecule has 0 aromatic heterocycles. The molecular weight excluding hydrogens is 275 g/mol. The van der Waals surface area contributed by atoms with Gasteiger partial charge in [-0.15, -0.1) is 0 Å². The highest BCUT2D eigenvalue weighted by Gasteiger charge is 2.15. The summed E-state index contributed by atoms with van der Waals surface area (Å²) in [5.41, 5.74) is 5.51. The lowest BCUT2D eigenvalue weighted by Gasteiger charge is -2.10. The number of sulfonamides is 1. The van der Waals surface area contributed by atoms with Crippen LogP contribution in [0.25, 0.3) is 0 Å². The number of nitrogens with two attached hydrogens (primary N) is 1. The number of rotatable bonds is 6. The van der Waals surface area contributed by atoms with E-state index in [9.17, 15) is 12.8 Å². The maximum atomic E-state index is 13.1. The minimum Gasteiger partial charge on any atom is -0.399 e. The Kier molecular flexibility index (Phi) is 5.43. The predicted molar refractivity (Wildman–Crippen MR) is 73.6 cm³/mol. The van der Waals surface area contributed by atoms with Gasteiger partial charge in [0.05, 0.1) is 4.90 Å². The Morgan fingerprint density at radius 1 is 1.44 bits per heavy atom. The van der Waals surface area contributed by atoms with Gasteiger partial charge in [0.15, 0.2) is 0 Å². The SMILES string of the molecule is CSC(C)CCNS(=O)(=O)c1cc(N)cc(F)c1. The van der Waals surface area contributed by atoms with Crippen molar-refractivity contribution in [3.8, 4) is 0 Å². The van der Waals surface area contributed by atoms with Gasteiger partial charge in [-0.1, -0.05) is 6.92 Å². The van der Waals surface area contributed by atoms with Crippen LogP contribution in [0, 0.1) is 5.82 Å². The lowest BCUT2D eigenvalue weighted by molar-refractivity contribution is 0.575. The van der Waals surface area contributed by atoms with Gasteiger partial charge in [0.1, 0.15) is 5.82 Å². The average Bonchev–Trinajstić information content (AvgIpc) is 2.27. The first-order chi connectivity index (χ1) is 8.35. The highest BCUT2D eigenvalue weighted by molar-refractivity contribution is 7.99. The quantitative estimate of drug-likeness (QED) is 0.785. The molecule has 3 N–H and O–H groups in total. The molecule has 7 heteroatoms. The van der Waals surface area contributed by atoms with Crippen LogP contribution in [0.1, 0.15) is 13.3 Å². The zero-order valence-electron chi connectivity index (χ0n) is 10.3. The van der Waals surface area contributed by atoms with Gasteiger partial charge >= 0.3 is 0 Å². The van der Waals surface area contributed by atoms with E-state index in [0.717, 1.165) is 12.1 Å². The highest BCUT2D eigenvalue weighted by Crippen LogP contribution is 2.16. The average molecular weight is 292 g/mol. The monoisotopic (exact) mass is 292 g/mol. The molecule has 102 valence electrons. The second-order valence-corrected chi connectivity index (χ2v) is 7.00. The Morgan fingerprint density at radius 3 is 2.67 bits per heavy atom. The maximum absolute atomic E-state index is 13.1. The van der Waals surface area contributed by atoms with E-state index in [1.54, 1.807) is 11.8 Å². The van der Waals surface area contributed by atoms with Crippen LogP contribution in [-0.2, 0) is 10.0 Å². The van der Waals surface area contributed by atoms with Crippen LogP contribution in [0.15, 0.2) is 23.1 Å². The Balaban J connectivity index is 2.74. The first-order valence-corrected chi connectivity index (χ1v) is 8.21. The van der Waals surface area contributed by atoms with E-state index in [2.05, 4.69) is 4.72 Å². The van der Waals surface area contributed by atoms with Gasteiger partial charge in [0, 0.05) is 17.5 Å². The van der Waals surface area contributed by atoms with E-state index >= 15 is 0 Å². The molecule has 0 aliphatic heterocycles. The third-order valence-corrected chi connectivity index (χ3v) is 4.93. The number of nitrogens with one attached hydrogen (secondary N) is 1. The summed E-state index contributed by atoms with van der Waals surface area (Å²) in [5, 5.41) is 0.366. The maximum Gasteiger partial charge on any atom is 0.240 e. The van der Waals surface area contributed by atoms with Crippen LogP contribution in [0.4, 0.5) is 10.1 Å². The van der Waals surface area contributed by atoms with Gasteiger partial charge in [-0.3, -0.25) is 0 Å². The number of halogens is 1. The summed E-state index contributed by atoms with van der Waals surface area (Å²) in [4.78, 5) is -0.142. The van der Waals surface area contributed by atoms with Gasteiger partial charge < -0.3 is 5.73 Å². The summed E-state index contributed by atoms with van der Waals surface area (Å²) in [6.07, 6.45) is 2.68. The largest absolute Gasteiger partial charge is 0.399 e. The van der Waals surface area contributed by atoms with Gasteiger partial charge in [0.25, 0.3) is 0 Å². The molecule has 0 amide bonds. The molecule has 0 saturated carbocycles. The molecule has 0 aliphatic rings. The molecule has 18 heavy (non-hydrogen) atoms. The van der Waals surface area contributed by atoms with E-state index in [1.165, 1.54) is 6.07 Å². The van der Waals surface area contributed by atoms with E-state index in [4.69, 9.17) is 5.73 Å². The number of hydrogen-bond donors (Lipinski definition) is 2. The molecule has 4 nitrogen and oxygen atoms in total. The Bertz CT molecular complexity index is 486. The van der Waals surface area contributed by atoms with E-state index in [-0.39, 0.29) is 10.6 Å². The molecule has 1 rings (SSSR count). The van der Waals surface area contributed by atoms with Crippen molar-refractivity contribution in [2.75, 3.05) is 18.5 Å². The molecule has 1 aromatic rings. The van der Waals surface area contributed by atoms with Gasteiger partial charge in [-0.2, -0.15) is 11.8 Å². The lowest BCUT2D eigenvalue weighted by Crippen LogP contribution is -2.26. The first kappa shape index (κ1) is 15.3. The molecule has 0 radical (unpaired) electrons. The van der Waals surface area contributed by atoms with Crippen LogP contribution < -0.4 is 10.5 Å². The van der Waals surface area contributed by atoms with E-state index < -0.39 is 15.8 Å². The summed E-state index contributed by atoms with van der Waals surface area (Å²) in [6.45, 7) is 2.33. The van der Waals surface area contributed by atoms with Crippen molar-refractivity contribution >= 4 is 27.5 Å². The molecular formula is C11H17FN2O2S2. The van der Waals surface area contributed by atoms with Crippen LogP contribution in [0.3, 0.4) is 0 Å². The fourth-order valence-electron chi connectivity index (χ4n) is 1.34. The second-order valence-electron chi connectivity index (χ2n) is 3.95. The van der Waals surface area contributed by atoms with Crippen molar-refractivity contribution in [2.45, 2.75) is 23.5 Å². The minimum absolute atomic E-state index is 0.0906. The van der Waals surface area contributed by atoms with Crippen LogP contribution in [0.5, 0.6) is 0 Å². The van der Waals surface area contributed by atoms with Crippen LogP contribution in [-0.4, -0.2) is 26.5 Å². The van der Waals surface area contributed by atoms with Gasteiger partial charge in [-0.25, -0.2) is 17.5 Å². The lowest BCUT2D eigenvalue weighted by atomic mass is 10.3. The number of benzene rings is 1. The zero-order valence-corrected chi connectivity index (χ0v) is 11.9. The molecule has 0 bridgehead atoms. The summed E-state index contributed by atoms with van der Waals surface area (Å²) in [6, 6.07) is 3.27. The fraction of sp³-hybridized carbons (Fsp3) is 0.455. The van der Waals surface area contributed by atoms with Crippen molar-refractivity contribution in [1.29, 1.82) is 0 Å². The van der Waals surface area contributed by atoms with Crippen LogP contribution in [0.2, 0.25) is 0 Å². The number of nitrogen functional groups attached to an aromatic ring is 1. The Labute approximate surface area is 111 Å². The standard InChI is InChI=1S/C11H17FN2O2S2/c1-8(17-2)3-4-14-18(15,16)11-6-9(12)5-10(13)7-11/h5-8,14H,3-4,13H2,1-2H3. The van der Waals surface area contributed by atoms with Crippen molar-refractivity contribution in [1.82, 2.24) is 4.72 Å². The summed E-state index contributed by atoms with van der Waals surface area (Å²) in [5.74, 6) is -0.659. The topological polar surface area (TPSA) is 72.2 Å². The van der Waals surface area contributed by atoms with Crippen LogP contribution >= 0.6 is 11.8 Å². The smallest absolute Gasteiger partial charge is 0.240 e. The molecule has 1 atom stereocenters. The van der Waals surface area contributed by atoms with Gasteiger partial charge in [-0.05, 0) is 30.9 Å². The summed E-state index contributed by atoms with van der Waals surface area (Å²) < 4.78 is 39.3. The molecule has 1 unspecified atom stereocenters. The van der Waals surface area contributed by atoms with Crippen molar-refractivity contribution in [2.24, 2.45) is 0 Å². The minimum atomic E-state index is -3.69. The highest BCUT2D eigenvalue weighted by atomic mass is 32.2. The molecule has 0 saturated heterocycles. The number of hydrogen-bond acceptors (Lipinski definition) is 4. The second kappa shape index (κ2) is 6.40. The summed E-state index contributed by atoms with van der Waals surface area (Å²) in [7, 11) is -3.69. The summed E-state index contributed by atoms with van der Waals surface area (Å²) >= 11 is 1.66. The first-order valence-electron chi connectivity index (χ1n) is 5.43. The Hall–Kier alpha value is -0.790. The van der Waals surface area contributed by atoms with E-state index in [0.29, 0.717) is 18.2 Å². The fourth-order valence-corrected chi connectivity index (χ4v) is 2.80. The molecule has 0 aliphatic carbocycles. The molecule has 0 fully saturated rings. The third-order valence-electron chi connectivity index (χ3n) is 2.45. The predicted octanol–water partition coefficient (Wildman–Crippen LogP) is 1.83.